The quantitative estimate of drug-likeness (QED) is 0.878. The molecule has 0 unspecified atom stereocenters. The first kappa shape index (κ1) is 12.5. The molecule has 5 heteroatoms. The highest BCUT2D eigenvalue weighted by molar-refractivity contribution is 9.10. The van der Waals surface area contributed by atoms with Crippen molar-refractivity contribution in [2.75, 3.05) is 13.1 Å². The van der Waals surface area contributed by atoms with Crippen molar-refractivity contribution in [1.82, 2.24) is 10.6 Å². The van der Waals surface area contributed by atoms with Crippen molar-refractivity contribution in [2.24, 2.45) is 0 Å². The van der Waals surface area contributed by atoms with Gasteiger partial charge in [-0.1, -0.05) is 15.9 Å². The second-order valence-electron chi connectivity index (χ2n) is 4.17. The number of piperidine rings is 1. The van der Waals surface area contributed by atoms with E-state index in [1.165, 1.54) is 12.1 Å². The first-order valence-corrected chi connectivity index (χ1v) is 6.42. The van der Waals surface area contributed by atoms with Crippen LogP contribution in [0.25, 0.3) is 0 Å². The SMILES string of the molecule is O=C(N[C@@H]1CCCNC1)c1cc(F)cc(Br)c1. The van der Waals surface area contributed by atoms with Gasteiger partial charge in [0, 0.05) is 22.6 Å². The van der Waals surface area contributed by atoms with E-state index in [0.717, 1.165) is 25.9 Å². The van der Waals surface area contributed by atoms with E-state index in [9.17, 15) is 9.18 Å². The maximum Gasteiger partial charge on any atom is 0.251 e. The van der Waals surface area contributed by atoms with E-state index in [1.807, 2.05) is 0 Å². The van der Waals surface area contributed by atoms with Crippen LogP contribution in [-0.4, -0.2) is 25.0 Å². The molecule has 1 amide bonds. The third-order valence-electron chi connectivity index (χ3n) is 2.76. The maximum absolute atomic E-state index is 13.1. The predicted octanol–water partition coefficient (Wildman–Crippen LogP) is 2.07. The van der Waals surface area contributed by atoms with E-state index >= 15 is 0 Å². The summed E-state index contributed by atoms with van der Waals surface area (Å²) in [7, 11) is 0. The molecule has 0 aliphatic carbocycles. The fraction of sp³-hybridized carbons (Fsp3) is 0.417. The van der Waals surface area contributed by atoms with E-state index in [1.54, 1.807) is 6.07 Å². The summed E-state index contributed by atoms with van der Waals surface area (Å²) < 4.78 is 13.7. The number of carbonyl (C=O) groups excluding carboxylic acids is 1. The zero-order valence-electron chi connectivity index (χ0n) is 9.30. The fourth-order valence-corrected chi connectivity index (χ4v) is 2.39. The van der Waals surface area contributed by atoms with E-state index in [2.05, 4.69) is 26.6 Å². The summed E-state index contributed by atoms with van der Waals surface area (Å²) in [6, 6.07) is 4.34. The Morgan fingerprint density at radius 3 is 2.94 bits per heavy atom. The van der Waals surface area contributed by atoms with Gasteiger partial charge in [0.15, 0.2) is 0 Å². The topological polar surface area (TPSA) is 41.1 Å². The van der Waals surface area contributed by atoms with Crippen molar-refractivity contribution >= 4 is 21.8 Å². The lowest BCUT2D eigenvalue weighted by Crippen LogP contribution is -2.45. The van der Waals surface area contributed by atoms with Crippen LogP contribution in [0.3, 0.4) is 0 Å². The number of hydrogen-bond acceptors (Lipinski definition) is 2. The second kappa shape index (κ2) is 5.60. The van der Waals surface area contributed by atoms with Gasteiger partial charge in [0.25, 0.3) is 5.91 Å². The number of rotatable bonds is 2. The average molecular weight is 301 g/mol. The van der Waals surface area contributed by atoms with Crippen molar-refractivity contribution in [2.45, 2.75) is 18.9 Å². The minimum atomic E-state index is -0.411. The molecule has 1 aliphatic rings. The molecule has 0 bridgehead atoms. The van der Waals surface area contributed by atoms with Gasteiger partial charge < -0.3 is 10.6 Å². The molecule has 0 saturated carbocycles. The monoisotopic (exact) mass is 300 g/mol. The summed E-state index contributed by atoms with van der Waals surface area (Å²) in [5.74, 6) is -0.634. The van der Waals surface area contributed by atoms with Gasteiger partial charge in [-0.2, -0.15) is 0 Å². The summed E-state index contributed by atoms with van der Waals surface area (Å²) in [6.45, 7) is 1.78. The Bertz CT molecular complexity index is 399. The number of benzene rings is 1. The fourth-order valence-electron chi connectivity index (χ4n) is 1.93. The molecule has 0 radical (unpaired) electrons. The number of amides is 1. The molecule has 1 aromatic carbocycles. The van der Waals surface area contributed by atoms with Gasteiger partial charge in [0.05, 0.1) is 0 Å². The lowest BCUT2D eigenvalue weighted by Gasteiger charge is -2.23. The standard InChI is InChI=1S/C12H14BrFN2O/c13-9-4-8(5-10(14)6-9)12(17)16-11-2-1-3-15-7-11/h4-6,11,15H,1-3,7H2,(H,16,17)/t11-/m1/s1. The van der Waals surface area contributed by atoms with Gasteiger partial charge in [-0.3, -0.25) is 4.79 Å². The Labute approximate surface area is 108 Å². The van der Waals surface area contributed by atoms with Crippen molar-refractivity contribution in [3.63, 3.8) is 0 Å². The summed E-state index contributed by atoms with van der Waals surface area (Å²) in [4.78, 5) is 11.9. The molecule has 0 spiro atoms. The molecule has 1 aromatic rings. The number of halogens is 2. The highest BCUT2D eigenvalue weighted by atomic mass is 79.9. The summed E-state index contributed by atoms with van der Waals surface area (Å²) in [6.07, 6.45) is 2.02. The third kappa shape index (κ3) is 3.51. The zero-order chi connectivity index (χ0) is 12.3. The summed E-state index contributed by atoms with van der Waals surface area (Å²) in [5, 5.41) is 6.12. The van der Waals surface area contributed by atoms with E-state index in [4.69, 9.17) is 0 Å². The molecule has 0 aromatic heterocycles. The molecule has 92 valence electrons. The molecule has 17 heavy (non-hydrogen) atoms. The van der Waals surface area contributed by atoms with Crippen LogP contribution in [0.2, 0.25) is 0 Å². The average Bonchev–Trinajstić information content (AvgIpc) is 2.29. The van der Waals surface area contributed by atoms with Crippen LogP contribution in [0, 0.1) is 5.82 Å². The molecule has 1 heterocycles. The van der Waals surface area contributed by atoms with Crippen molar-refractivity contribution in [3.05, 3.63) is 34.1 Å². The predicted molar refractivity (Wildman–Crippen MR) is 67.5 cm³/mol. The molecule has 2 rings (SSSR count). The van der Waals surface area contributed by atoms with Crippen LogP contribution >= 0.6 is 15.9 Å². The van der Waals surface area contributed by atoms with Crippen LogP contribution in [0.4, 0.5) is 4.39 Å². The smallest absolute Gasteiger partial charge is 0.251 e. The van der Waals surface area contributed by atoms with Crippen LogP contribution in [0.1, 0.15) is 23.2 Å². The second-order valence-corrected chi connectivity index (χ2v) is 5.09. The van der Waals surface area contributed by atoms with Crippen LogP contribution in [0.5, 0.6) is 0 Å². The molecular weight excluding hydrogens is 287 g/mol. The Balaban J connectivity index is 2.03. The normalized spacial score (nSPS) is 20.0. The Morgan fingerprint density at radius 2 is 2.29 bits per heavy atom. The molecule has 2 N–H and O–H groups in total. The van der Waals surface area contributed by atoms with E-state index < -0.39 is 5.82 Å². The minimum absolute atomic E-state index is 0.137. The van der Waals surface area contributed by atoms with E-state index in [-0.39, 0.29) is 11.9 Å². The lowest BCUT2D eigenvalue weighted by molar-refractivity contribution is 0.0930. The van der Waals surface area contributed by atoms with Gasteiger partial charge >= 0.3 is 0 Å². The van der Waals surface area contributed by atoms with Gasteiger partial charge in [0.2, 0.25) is 0 Å². The van der Waals surface area contributed by atoms with Crippen molar-refractivity contribution < 1.29 is 9.18 Å². The summed E-state index contributed by atoms with van der Waals surface area (Å²) in [5.41, 5.74) is 0.349. The Kier molecular flexibility index (Phi) is 4.12. The first-order valence-electron chi connectivity index (χ1n) is 5.63. The molecular formula is C12H14BrFN2O. The molecule has 1 saturated heterocycles. The zero-order valence-corrected chi connectivity index (χ0v) is 10.9. The molecule has 1 aliphatic heterocycles. The minimum Gasteiger partial charge on any atom is -0.348 e. The number of carbonyl (C=O) groups is 1. The summed E-state index contributed by atoms with van der Waals surface area (Å²) >= 11 is 3.17. The van der Waals surface area contributed by atoms with E-state index in [0.29, 0.717) is 10.0 Å². The molecule has 3 nitrogen and oxygen atoms in total. The highest BCUT2D eigenvalue weighted by Crippen LogP contribution is 2.15. The number of nitrogens with one attached hydrogen (secondary N) is 2. The molecule has 1 fully saturated rings. The highest BCUT2D eigenvalue weighted by Gasteiger charge is 2.16. The Hall–Kier alpha value is -0.940. The first-order chi connectivity index (χ1) is 8.15. The largest absolute Gasteiger partial charge is 0.348 e. The van der Waals surface area contributed by atoms with Crippen molar-refractivity contribution in [1.29, 1.82) is 0 Å². The molecule has 1 atom stereocenters. The van der Waals surface area contributed by atoms with Crippen LogP contribution < -0.4 is 10.6 Å². The van der Waals surface area contributed by atoms with Crippen LogP contribution in [-0.2, 0) is 0 Å². The van der Waals surface area contributed by atoms with Crippen LogP contribution in [0.15, 0.2) is 22.7 Å². The lowest BCUT2D eigenvalue weighted by atomic mass is 10.1. The van der Waals surface area contributed by atoms with Gasteiger partial charge in [0.1, 0.15) is 5.82 Å². The van der Waals surface area contributed by atoms with Gasteiger partial charge in [-0.25, -0.2) is 4.39 Å². The van der Waals surface area contributed by atoms with Gasteiger partial charge in [-0.05, 0) is 37.6 Å². The maximum atomic E-state index is 13.1. The number of hydrogen-bond donors (Lipinski definition) is 2. The van der Waals surface area contributed by atoms with Gasteiger partial charge in [-0.15, -0.1) is 0 Å². The Morgan fingerprint density at radius 1 is 1.47 bits per heavy atom. The van der Waals surface area contributed by atoms with Crippen molar-refractivity contribution in [3.8, 4) is 0 Å². The third-order valence-corrected chi connectivity index (χ3v) is 3.21.